The first-order valence-corrected chi connectivity index (χ1v) is 6.19. The van der Waals surface area contributed by atoms with E-state index in [0.717, 1.165) is 12.8 Å². The Balaban J connectivity index is 1.89. The number of ether oxygens (including phenoxy) is 1. The number of pyridine rings is 1. The number of nitrogens with zero attached hydrogens (tertiary/aromatic N) is 1. The molecule has 1 heterocycles. The molecule has 98 valence electrons. The zero-order chi connectivity index (χ0) is 13.1. The summed E-state index contributed by atoms with van der Waals surface area (Å²) in [6.07, 6.45) is 3.57. The van der Waals surface area contributed by atoms with E-state index in [1.54, 1.807) is 19.3 Å². The van der Waals surface area contributed by atoms with Gasteiger partial charge in [-0.1, -0.05) is 0 Å². The van der Waals surface area contributed by atoms with Crippen LogP contribution in [0.4, 0.5) is 0 Å². The van der Waals surface area contributed by atoms with Crippen LogP contribution in [0.25, 0.3) is 0 Å². The Bertz CT molecular complexity index is 489. The zero-order valence-corrected chi connectivity index (χ0v) is 10.7. The predicted octanol–water partition coefficient (Wildman–Crippen LogP) is 0.683. The third-order valence-corrected chi connectivity index (χ3v) is 3.20. The lowest BCUT2D eigenvalue weighted by atomic mass is 9.89. The van der Waals surface area contributed by atoms with E-state index in [2.05, 4.69) is 5.32 Å². The Kier molecular flexibility index (Phi) is 3.81. The number of aromatic nitrogens is 1. The SMILES string of the molecule is CCOC1CC(NC(=O)c2ccn(C)c(=O)c2)C1. The molecule has 0 aromatic carbocycles. The van der Waals surface area contributed by atoms with Crippen LogP contribution in [-0.2, 0) is 11.8 Å². The Labute approximate surface area is 106 Å². The van der Waals surface area contributed by atoms with Crippen molar-refractivity contribution >= 4 is 5.91 Å². The molecule has 1 aromatic heterocycles. The van der Waals surface area contributed by atoms with Crippen LogP contribution in [0, 0.1) is 0 Å². The van der Waals surface area contributed by atoms with Crippen LogP contribution in [0.1, 0.15) is 30.1 Å². The van der Waals surface area contributed by atoms with Gasteiger partial charge in [0.1, 0.15) is 0 Å². The molecule has 1 aliphatic rings. The van der Waals surface area contributed by atoms with E-state index in [1.807, 2.05) is 6.92 Å². The van der Waals surface area contributed by atoms with Crippen molar-refractivity contribution in [2.75, 3.05) is 6.61 Å². The highest BCUT2D eigenvalue weighted by Gasteiger charge is 2.30. The highest BCUT2D eigenvalue weighted by molar-refractivity contribution is 5.94. The van der Waals surface area contributed by atoms with Gasteiger partial charge in [-0.2, -0.15) is 0 Å². The molecule has 0 spiro atoms. The van der Waals surface area contributed by atoms with Crippen LogP contribution in [0.15, 0.2) is 23.1 Å². The topological polar surface area (TPSA) is 60.3 Å². The van der Waals surface area contributed by atoms with Crippen molar-refractivity contribution in [3.05, 3.63) is 34.2 Å². The molecule has 0 saturated heterocycles. The van der Waals surface area contributed by atoms with Gasteiger partial charge in [0.25, 0.3) is 11.5 Å². The summed E-state index contributed by atoms with van der Waals surface area (Å²) in [5, 5.41) is 2.90. The molecule has 1 fully saturated rings. The lowest BCUT2D eigenvalue weighted by molar-refractivity contribution is -0.00862. The molecular formula is C13H18N2O3. The standard InChI is InChI=1S/C13H18N2O3/c1-3-18-11-7-10(8-11)14-13(17)9-4-5-15(2)12(16)6-9/h4-6,10-11H,3,7-8H2,1-2H3,(H,14,17). The largest absolute Gasteiger partial charge is 0.378 e. The molecule has 1 saturated carbocycles. The van der Waals surface area contributed by atoms with Crippen LogP contribution in [-0.4, -0.2) is 29.2 Å². The van der Waals surface area contributed by atoms with Crippen molar-refractivity contribution in [1.82, 2.24) is 9.88 Å². The molecule has 18 heavy (non-hydrogen) atoms. The summed E-state index contributed by atoms with van der Waals surface area (Å²) in [7, 11) is 1.66. The fraction of sp³-hybridized carbons (Fsp3) is 0.538. The minimum Gasteiger partial charge on any atom is -0.378 e. The predicted molar refractivity (Wildman–Crippen MR) is 67.6 cm³/mol. The van der Waals surface area contributed by atoms with Gasteiger partial charge in [0, 0.05) is 37.5 Å². The number of carbonyl (C=O) groups excluding carboxylic acids is 1. The first-order chi connectivity index (χ1) is 8.60. The summed E-state index contributed by atoms with van der Waals surface area (Å²) in [5.41, 5.74) is 0.237. The van der Waals surface area contributed by atoms with Crippen LogP contribution in [0.5, 0.6) is 0 Å². The van der Waals surface area contributed by atoms with E-state index >= 15 is 0 Å². The molecule has 1 aromatic rings. The monoisotopic (exact) mass is 250 g/mol. The van der Waals surface area contributed by atoms with Crippen LogP contribution in [0.3, 0.4) is 0 Å². The van der Waals surface area contributed by atoms with E-state index in [0.29, 0.717) is 12.2 Å². The van der Waals surface area contributed by atoms with E-state index in [1.165, 1.54) is 10.6 Å². The van der Waals surface area contributed by atoms with Gasteiger partial charge in [-0.05, 0) is 25.8 Å². The second kappa shape index (κ2) is 5.35. The highest BCUT2D eigenvalue weighted by Crippen LogP contribution is 2.23. The average molecular weight is 250 g/mol. The molecule has 2 rings (SSSR count). The number of rotatable bonds is 4. The smallest absolute Gasteiger partial charge is 0.251 e. The first kappa shape index (κ1) is 12.8. The van der Waals surface area contributed by atoms with Crippen LogP contribution < -0.4 is 10.9 Å². The first-order valence-electron chi connectivity index (χ1n) is 6.19. The van der Waals surface area contributed by atoms with E-state index in [-0.39, 0.29) is 23.6 Å². The minimum atomic E-state index is -0.187. The molecule has 1 aliphatic carbocycles. The van der Waals surface area contributed by atoms with Gasteiger partial charge >= 0.3 is 0 Å². The molecule has 1 N–H and O–H groups in total. The third-order valence-electron chi connectivity index (χ3n) is 3.20. The Morgan fingerprint density at radius 3 is 2.89 bits per heavy atom. The van der Waals surface area contributed by atoms with E-state index in [9.17, 15) is 9.59 Å². The quantitative estimate of drug-likeness (QED) is 0.855. The van der Waals surface area contributed by atoms with Crippen LogP contribution in [0.2, 0.25) is 0 Å². The zero-order valence-electron chi connectivity index (χ0n) is 10.7. The fourth-order valence-corrected chi connectivity index (χ4v) is 2.01. The summed E-state index contributed by atoms with van der Waals surface area (Å²) < 4.78 is 6.86. The maximum atomic E-state index is 11.9. The molecule has 0 aliphatic heterocycles. The second-order valence-corrected chi connectivity index (χ2v) is 4.58. The van der Waals surface area contributed by atoms with Gasteiger partial charge in [0.2, 0.25) is 0 Å². The molecule has 0 atom stereocenters. The molecule has 5 heteroatoms. The minimum absolute atomic E-state index is 0.165. The number of hydrogen-bond acceptors (Lipinski definition) is 3. The van der Waals surface area contributed by atoms with Gasteiger partial charge in [-0.25, -0.2) is 0 Å². The molecule has 0 bridgehead atoms. The van der Waals surface area contributed by atoms with Gasteiger partial charge < -0.3 is 14.6 Å². The highest BCUT2D eigenvalue weighted by atomic mass is 16.5. The molecular weight excluding hydrogens is 232 g/mol. The lowest BCUT2D eigenvalue weighted by Crippen LogP contribution is -2.48. The van der Waals surface area contributed by atoms with Gasteiger partial charge in [-0.3, -0.25) is 9.59 Å². The fourth-order valence-electron chi connectivity index (χ4n) is 2.01. The van der Waals surface area contributed by atoms with Crippen LogP contribution >= 0.6 is 0 Å². The third kappa shape index (κ3) is 2.79. The Hall–Kier alpha value is -1.62. The molecule has 0 radical (unpaired) electrons. The number of aryl methyl sites for hydroxylation is 1. The summed E-state index contributed by atoms with van der Waals surface area (Å²) >= 11 is 0. The van der Waals surface area contributed by atoms with E-state index in [4.69, 9.17) is 4.74 Å². The number of carbonyl (C=O) groups is 1. The second-order valence-electron chi connectivity index (χ2n) is 4.58. The Morgan fingerprint density at radius 2 is 2.28 bits per heavy atom. The maximum Gasteiger partial charge on any atom is 0.251 e. The van der Waals surface area contributed by atoms with E-state index < -0.39 is 0 Å². The van der Waals surface area contributed by atoms with Crippen molar-refractivity contribution in [2.45, 2.75) is 31.9 Å². The lowest BCUT2D eigenvalue weighted by Gasteiger charge is -2.35. The van der Waals surface area contributed by atoms with Gasteiger partial charge in [-0.15, -0.1) is 0 Å². The maximum absolute atomic E-state index is 11.9. The summed E-state index contributed by atoms with van der Waals surface area (Å²) in [5.74, 6) is -0.187. The summed E-state index contributed by atoms with van der Waals surface area (Å²) in [6, 6.07) is 3.17. The van der Waals surface area contributed by atoms with Crippen molar-refractivity contribution in [2.24, 2.45) is 7.05 Å². The van der Waals surface area contributed by atoms with Crippen molar-refractivity contribution in [1.29, 1.82) is 0 Å². The number of hydrogen-bond donors (Lipinski definition) is 1. The normalized spacial score (nSPS) is 22.3. The van der Waals surface area contributed by atoms with Gasteiger partial charge in [0.05, 0.1) is 6.10 Å². The summed E-state index contributed by atoms with van der Waals surface area (Å²) in [6.45, 7) is 2.67. The molecule has 1 amide bonds. The Morgan fingerprint density at radius 1 is 1.56 bits per heavy atom. The number of nitrogens with one attached hydrogen (secondary N) is 1. The van der Waals surface area contributed by atoms with Crippen molar-refractivity contribution in [3.8, 4) is 0 Å². The average Bonchev–Trinajstić information content (AvgIpc) is 2.30. The van der Waals surface area contributed by atoms with Crippen molar-refractivity contribution in [3.63, 3.8) is 0 Å². The van der Waals surface area contributed by atoms with Gasteiger partial charge in [0.15, 0.2) is 0 Å². The van der Waals surface area contributed by atoms with Crippen molar-refractivity contribution < 1.29 is 9.53 Å². The summed E-state index contributed by atoms with van der Waals surface area (Å²) in [4.78, 5) is 23.3. The number of amides is 1. The molecule has 5 nitrogen and oxygen atoms in total. The molecule has 0 unspecified atom stereocenters.